The van der Waals surface area contributed by atoms with Crippen LogP contribution in [0, 0.1) is 0 Å². The number of ether oxygens (including phenoxy) is 1. The highest BCUT2D eigenvalue weighted by atomic mass is 35.5. The minimum Gasteiger partial charge on any atom is -0.469 e. The first-order valence-electron chi connectivity index (χ1n) is 5.53. The number of alkyl halides is 1. The Hall–Kier alpha value is -1.00. The number of aryl methyl sites for hydroxylation is 1. The molecular formula is C12H18ClNO3. The maximum absolute atomic E-state index is 11.8. The van der Waals surface area contributed by atoms with Gasteiger partial charge in [0.05, 0.1) is 18.2 Å². The first kappa shape index (κ1) is 14.1. The molecule has 0 aliphatic heterocycles. The molecule has 0 N–H and O–H groups in total. The van der Waals surface area contributed by atoms with Crippen LogP contribution in [-0.4, -0.2) is 43.5 Å². The molecule has 1 unspecified atom stereocenters. The SMILES string of the molecule is COCC(Cl)CN(C)C(=O)CCc1ccco1. The van der Waals surface area contributed by atoms with Gasteiger partial charge in [-0.25, -0.2) is 0 Å². The second-order valence-corrected chi connectivity index (χ2v) is 4.52. The van der Waals surface area contributed by atoms with Gasteiger partial charge in [-0.3, -0.25) is 4.79 Å². The van der Waals surface area contributed by atoms with Gasteiger partial charge in [-0.15, -0.1) is 11.6 Å². The van der Waals surface area contributed by atoms with Crippen molar-refractivity contribution < 1.29 is 13.9 Å². The van der Waals surface area contributed by atoms with Crippen molar-refractivity contribution in [3.63, 3.8) is 0 Å². The first-order valence-corrected chi connectivity index (χ1v) is 5.96. The molecule has 0 saturated carbocycles. The highest BCUT2D eigenvalue weighted by Gasteiger charge is 2.14. The second-order valence-electron chi connectivity index (χ2n) is 3.91. The molecule has 1 atom stereocenters. The van der Waals surface area contributed by atoms with Crippen molar-refractivity contribution in [2.24, 2.45) is 0 Å². The van der Waals surface area contributed by atoms with E-state index >= 15 is 0 Å². The van der Waals surface area contributed by atoms with Crippen LogP contribution in [0.5, 0.6) is 0 Å². The molecule has 0 aliphatic carbocycles. The summed E-state index contributed by atoms with van der Waals surface area (Å²) in [5, 5.41) is -0.169. The Balaban J connectivity index is 2.27. The van der Waals surface area contributed by atoms with E-state index in [0.29, 0.717) is 26.0 Å². The predicted octanol–water partition coefficient (Wildman–Crippen LogP) is 1.92. The van der Waals surface area contributed by atoms with Crippen LogP contribution in [0.1, 0.15) is 12.2 Å². The van der Waals surface area contributed by atoms with Crippen LogP contribution < -0.4 is 0 Å². The normalized spacial score (nSPS) is 12.4. The summed E-state index contributed by atoms with van der Waals surface area (Å²) >= 11 is 5.98. The van der Waals surface area contributed by atoms with E-state index in [1.807, 2.05) is 12.1 Å². The fraction of sp³-hybridized carbons (Fsp3) is 0.583. The number of carbonyl (C=O) groups excluding carboxylic acids is 1. The molecule has 4 nitrogen and oxygen atoms in total. The highest BCUT2D eigenvalue weighted by molar-refractivity contribution is 6.21. The molecule has 0 aliphatic rings. The molecular weight excluding hydrogens is 242 g/mol. The summed E-state index contributed by atoms with van der Waals surface area (Å²) in [6.45, 7) is 0.934. The minimum atomic E-state index is -0.169. The van der Waals surface area contributed by atoms with E-state index in [-0.39, 0.29) is 11.3 Å². The number of furan rings is 1. The lowest BCUT2D eigenvalue weighted by Gasteiger charge is -2.19. The van der Waals surface area contributed by atoms with E-state index in [1.54, 1.807) is 25.3 Å². The Morgan fingerprint density at radius 2 is 2.41 bits per heavy atom. The number of hydrogen-bond donors (Lipinski definition) is 0. The van der Waals surface area contributed by atoms with Crippen molar-refractivity contribution in [3.8, 4) is 0 Å². The van der Waals surface area contributed by atoms with Gasteiger partial charge in [0.2, 0.25) is 5.91 Å². The average Bonchev–Trinajstić information content (AvgIpc) is 2.78. The van der Waals surface area contributed by atoms with Gasteiger partial charge in [-0.1, -0.05) is 0 Å². The van der Waals surface area contributed by atoms with Gasteiger partial charge in [0.15, 0.2) is 0 Å². The Labute approximate surface area is 106 Å². The third kappa shape index (κ3) is 5.24. The van der Waals surface area contributed by atoms with E-state index in [0.717, 1.165) is 5.76 Å². The Kier molecular flexibility index (Phi) is 6.08. The van der Waals surface area contributed by atoms with E-state index < -0.39 is 0 Å². The van der Waals surface area contributed by atoms with Gasteiger partial charge in [-0.2, -0.15) is 0 Å². The quantitative estimate of drug-likeness (QED) is 0.703. The van der Waals surface area contributed by atoms with Crippen LogP contribution in [0.25, 0.3) is 0 Å². The van der Waals surface area contributed by atoms with Crippen molar-refractivity contribution in [1.29, 1.82) is 0 Å². The molecule has 1 amide bonds. The van der Waals surface area contributed by atoms with Crippen molar-refractivity contribution >= 4 is 17.5 Å². The van der Waals surface area contributed by atoms with Gasteiger partial charge in [0.1, 0.15) is 5.76 Å². The zero-order valence-electron chi connectivity index (χ0n) is 10.2. The number of carbonyl (C=O) groups is 1. The van der Waals surface area contributed by atoms with Crippen LogP contribution in [0.4, 0.5) is 0 Å². The molecule has 0 spiro atoms. The first-order chi connectivity index (χ1) is 8.13. The summed E-state index contributed by atoms with van der Waals surface area (Å²) in [5.41, 5.74) is 0. The maximum Gasteiger partial charge on any atom is 0.222 e. The van der Waals surface area contributed by atoms with Crippen LogP contribution in [0.15, 0.2) is 22.8 Å². The van der Waals surface area contributed by atoms with Crippen LogP contribution >= 0.6 is 11.6 Å². The van der Waals surface area contributed by atoms with Crippen LogP contribution in [0.2, 0.25) is 0 Å². The fourth-order valence-corrected chi connectivity index (χ4v) is 1.84. The van der Waals surface area contributed by atoms with E-state index in [9.17, 15) is 4.79 Å². The number of halogens is 1. The molecule has 0 bridgehead atoms. The number of amides is 1. The average molecular weight is 260 g/mol. The Morgan fingerprint density at radius 3 is 3.00 bits per heavy atom. The number of hydrogen-bond acceptors (Lipinski definition) is 3. The standard InChI is InChI=1S/C12H18ClNO3/c1-14(8-10(13)9-16-2)12(15)6-5-11-4-3-7-17-11/h3-4,7,10H,5-6,8-9H2,1-2H3. The predicted molar refractivity (Wildman–Crippen MR) is 66.2 cm³/mol. The van der Waals surface area contributed by atoms with Gasteiger partial charge in [0, 0.05) is 33.5 Å². The number of rotatable bonds is 7. The molecule has 0 fully saturated rings. The molecule has 17 heavy (non-hydrogen) atoms. The Bertz CT molecular complexity index is 327. The summed E-state index contributed by atoms with van der Waals surface area (Å²) in [6, 6.07) is 3.68. The lowest BCUT2D eigenvalue weighted by atomic mass is 10.2. The van der Waals surface area contributed by atoms with Crippen LogP contribution in [-0.2, 0) is 16.0 Å². The van der Waals surface area contributed by atoms with Crippen molar-refractivity contribution in [3.05, 3.63) is 24.2 Å². The molecule has 1 heterocycles. The van der Waals surface area contributed by atoms with Crippen molar-refractivity contribution in [1.82, 2.24) is 4.90 Å². The lowest BCUT2D eigenvalue weighted by Crippen LogP contribution is -2.34. The topological polar surface area (TPSA) is 42.7 Å². The lowest BCUT2D eigenvalue weighted by molar-refractivity contribution is -0.130. The van der Waals surface area contributed by atoms with Gasteiger partial charge in [-0.05, 0) is 12.1 Å². The molecule has 1 aromatic heterocycles. The molecule has 96 valence electrons. The largest absolute Gasteiger partial charge is 0.469 e. The minimum absolute atomic E-state index is 0.0585. The van der Waals surface area contributed by atoms with Crippen molar-refractivity contribution in [2.45, 2.75) is 18.2 Å². The molecule has 1 rings (SSSR count). The monoisotopic (exact) mass is 259 g/mol. The fourth-order valence-electron chi connectivity index (χ4n) is 1.51. The van der Waals surface area contributed by atoms with Gasteiger partial charge in [0.25, 0.3) is 0 Å². The van der Waals surface area contributed by atoms with Gasteiger partial charge >= 0.3 is 0 Å². The Morgan fingerprint density at radius 1 is 1.65 bits per heavy atom. The van der Waals surface area contributed by atoms with Gasteiger partial charge < -0.3 is 14.1 Å². The molecule has 0 radical (unpaired) electrons. The summed E-state index contributed by atoms with van der Waals surface area (Å²) in [5.74, 6) is 0.884. The smallest absolute Gasteiger partial charge is 0.222 e. The van der Waals surface area contributed by atoms with E-state index in [2.05, 4.69) is 0 Å². The molecule has 0 saturated heterocycles. The van der Waals surface area contributed by atoms with Crippen LogP contribution in [0.3, 0.4) is 0 Å². The van der Waals surface area contributed by atoms with E-state index in [1.165, 1.54) is 0 Å². The highest BCUT2D eigenvalue weighted by Crippen LogP contribution is 2.06. The summed E-state index contributed by atoms with van der Waals surface area (Å²) < 4.78 is 10.1. The van der Waals surface area contributed by atoms with E-state index in [4.69, 9.17) is 20.8 Å². The third-order valence-corrected chi connectivity index (χ3v) is 2.67. The zero-order chi connectivity index (χ0) is 12.7. The molecule has 5 heteroatoms. The molecule has 1 aromatic rings. The third-order valence-electron chi connectivity index (χ3n) is 2.41. The molecule has 0 aromatic carbocycles. The summed E-state index contributed by atoms with van der Waals surface area (Å²) in [7, 11) is 3.34. The maximum atomic E-state index is 11.8. The second kappa shape index (κ2) is 7.35. The summed E-state index contributed by atoms with van der Waals surface area (Å²) in [4.78, 5) is 13.4. The number of methoxy groups -OCH3 is 1. The summed E-state index contributed by atoms with van der Waals surface area (Å²) in [6.07, 6.45) is 2.66. The van der Waals surface area contributed by atoms with Crippen molar-refractivity contribution in [2.75, 3.05) is 27.3 Å². The zero-order valence-corrected chi connectivity index (χ0v) is 10.9. The number of nitrogens with zero attached hydrogens (tertiary/aromatic N) is 1.